The molecule has 0 rings (SSSR count). The molecule has 1 atom stereocenters. The van der Waals surface area contributed by atoms with Crippen molar-refractivity contribution in [3.05, 3.63) is 0 Å². The molecular weight excluding hydrogens is 185 g/mol. The van der Waals surface area contributed by atoms with E-state index in [2.05, 4.69) is 34.6 Å². The summed E-state index contributed by atoms with van der Waals surface area (Å²) in [6, 6.07) is -0.0174. The first-order valence-electron chi connectivity index (χ1n) is 5.69. The van der Waals surface area contributed by atoms with Crippen LogP contribution < -0.4 is 0 Å². The van der Waals surface area contributed by atoms with E-state index in [1.165, 1.54) is 0 Å². The van der Waals surface area contributed by atoms with Crippen LogP contribution in [0.2, 0.25) is 6.32 Å². The van der Waals surface area contributed by atoms with Crippen molar-refractivity contribution in [2.45, 2.75) is 47.0 Å². The Morgan fingerprint density at radius 1 is 1.27 bits per heavy atom. The average Bonchev–Trinajstić information content (AvgIpc) is 1.96. The third-order valence-electron chi connectivity index (χ3n) is 2.40. The molecule has 0 saturated carbocycles. The Labute approximate surface area is 95.7 Å². The van der Waals surface area contributed by atoms with Crippen LogP contribution in [0.25, 0.3) is 0 Å². The van der Waals surface area contributed by atoms with Crippen LogP contribution in [0, 0.1) is 11.3 Å². The molecule has 0 N–H and O–H groups in total. The minimum absolute atomic E-state index is 0.00589. The monoisotopic (exact) mass is 210 g/mol. The van der Waals surface area contributed by atoms with Gasteiger partial charge in [0.05, 0.1) is 6.04 Å². The summed E-state index contributed by atoms with van der Waals surface area (Å²) in [7, 11) is 5.79. The highest BCUT2D eigenvalue weighted by molar-refractivity contribution is 6.75. The lowest BCUT2D eigenvalue weighted by molar-refractivity contribution is -0.119. The lowest BCUT2D eigenvalue weighted by Crippen LogP contribution is -2.47. The zero-order valence-electron chi connectivity index (χ0n) is 11.3. The zero-order valence-corrected chi connectivity index (χ0v) is 11.3. The smallest absolute Gasteiger partial charge is 0.204 e. The van der Waals surface area contributed by atoms with Crippen LogP contribution in [-0.2, 0) is 4.79 Å². The van der Waals surface area contributed by atoms with Crippen molar-refractivity contribution in [1.29, 1.82) is 0 Å². The van der Waals surface area contributed by atoms with Gasteiger partial charge in [-0.2, -0.15) is 0 Å². The molecule has 0 aliphatic carbocycles. The zero-order chi connectivity index (χ0) is 12.2. The summed E-state index contributed by atoms with van der Waals surface area (Å²) in [5.74, 6) is 0.553. The molecule has 0 amide bonds. The molecule has 3 heteroatoms. The molecule has 87 valence electrons. The van der Waals surface area contributed by atoms with Crippen molar-refractivity contribution >= 4 is 13.0 Å². The molecule has 0 spiro atoms. The molecule has 0 aliphatic heterocycles. The van der Waals surface area contributed by atoms with Gasteiger partial charge in [0.2, 0.25) is 7.28 Å². The van der Waals surface area contributed by atoms with E-state index < -0.39 is 0 Å². The second-order valence-electron chi connectivity index (χ2n) is 5.97. The van der Waals surface area contributed by atoms with Gasteiger partial charge < -0.3 is 9.69 Å². The Bertz CT molecular complexity index is 206. The van der Waals surface area contributed by atoms with Crippen molar-refractivity contribution in [1.82, 2.24) is 4.90 Å². The van der Waals surface area contributed by atoms with E-state index in [9.17, 15) is 4.79 Å². The molecule has 0 fully saturated rings. The van der Waals surface area contributed by atoms with E-state index in [-0.39, 0.29) is 17.1 Å². The predicted octanol–water partition coefficient (Wildman–Crippen LogP) is 2.27. The van der Waals surface area contributed by atoms with Crippen molar-refractivity contribution in [3.63, 3.8) is 0 Å². The molecule has 15 heavy (non-hydrogen) atoms. The first-order valence-corrected chi connectivity index (χ1v) is 5.69. The van der Waals surface area contributed by atoms with Gasteiger partial charge in [0.1, 0.15) is 5.68 Å². The number of carbonyl (C=O) groups is 1. The number of nitrogens with zero attached hydrogens (tertiary/aromatic N) is 1. The molecule has 0 aromatic carbocycles. The second kappa shape index (κ2) is 5.69. The standard InChI is InChI=1S/C12H25BNO/c1-9(2)8-13-11(15)10(14(6)7)12(3,4)5/h9-10H,8H2,1-7H3. The van der Waals surface area contributed by atoms with Crippen LogP contribution in [0.4, 0.5) is 0 Å². The van der Waals surface area contributed by atoms with Gasteiger partial charge >= 0.3 is 0 Å². The maximum absolute atomic E-state index is 12.0. The fourth-order valence-corrected chi connectivity index (χ4v) is 1.92. The molecule has 0 aromatic rings. The molecule has 1 radical (unpaired) electrons. The van der Waals surface area contributed by atoms with E-state index >= 15 is 0 Å². The molecule has 1 unspecified atom stereocenters. The fourth-order valence-electron chi connectivity index (χ4n) is 1.92. The van der Waals surface area contributed by atoms with Crippen LogP contribution in [0.5, 0.6) is 0 Å². The van der Waals surface area contributed by atoms with Crippen molar-refractivity contribution < 1.29 is 4.79 Å². The van der Waals surface area contributed by atoms with Crippen LogP contribution in [0.3, 0.4) is 0 Å². The topological polar surface area (TPSA) is 20.3 Å². The lowest BCUT2D eigenvalue weighted by atomic mass is 9.60. The summed E-state index contributed by atoms with van der Waals surface area (Å²) in [4.78, 5) is 14.1. The number of hydrogen-bond donors (Lipinski definition) is 0. The van der Waals surface area contributed by atoms with Gasteiger partial charge in [0.25, 0.3) is 0 Å². The minimum Gasteiger partial charge on any atom is -0.310 e. The highest BCUT2D eigenvalue weighted by Crippen LogP contribution is 2.23. The Kier molecular flexibility index (Phi) is 5.57. The molecule has 0 aromatic heterocycles. The van der Waals surface area contributed by atoms with Crippen LogP contribution in [-0.4, -0.2) is 38.0 Å². The molecular formula is C12H25BNO. The normalized spacial score (nSPS) is 14.5. The minimum atomic E-state index is -0.0174. The van der Waals surface area contributed by atoms with Crippen molar-refractivity contribution in [2.24, 2.45) is 11.3 Å². The largest absolute Gasteiger partial charge is 0.310 e. The van der Waals surface area contributed by atoms with Crippen LogP contribution >= 0.6 is 0 Å². The molecule has 2 nitrogen and oxygen atoms in total. The van der Waals surface area contributed by atoms with E-state index in [1.807, 2.05) is 26.3 Å². The van der Waals surface area contributed by atoms with Crippen molar-refractivity contribution in [2.75, 3.05) is 14.1 Å². The van der Waals surface area contributed by atoms with E-state index in [0.717, 1.165) is 6.32 Å². The van der Waals surface area contributed by atoms with Gasteiger partial charge in [-0.25, -0.2) is 0 Å². The third kappa shape index (κ3) is 5.36. The number of likely N-dealkylation sites (N-methyl/N-ethyl adjacent to an activating group) is 1. The van der Waals surface area contributed by atoms with Gasteiger partial charge in [-0.1, -0.05) is 46.9 Å². The fraction of sp³-hybridized carbons (Fsp3) is 0.917. The summed E-state index contributed by atoms with van der Waals surface area (Å²) < 4.78 is 0. The Balaban J connectivity index is 4.45. The second-order valence-corrected chi connectivity index (χ2v) is 5.97. The quantitative estimate of drug-likeness (QED) is 0.649. The van der Waals surface area contributed by atoms with E-state index in [0.29, 0.717) is 5.92 Å². The predicted molar refractivity (Wildman–Crippen MR) is 67.3 cm³/mol. The van der Waals surface area contributed by atoms with Crippen molar-refractivity contribution in [3.8, 4) is 0 Å². The van der Waals surface area contributed by atoms with Gasteiger partial charge in [-0.15, -0.1) is 0 Å². The maximum Gasteiger partial charge on any atom is 0.204 e. The van der Waals surface area contributed by atoms with Gasteiger partial charge in [0, 0.05) is 0 Å². The third-order valence-corrected chi connectivity index (χ3v) is 2.40. The summed E-state index contributed by atoms with van der Waals surface area (Å²) in [5, 5.41) is 0. The van der Waals surface area contributed by atoms with Crippen LogP contribution in [0.1, 0.15) is 34.6 Å². The lowest BCUT2D eigenvalue weighted by Gasteiger charge is -2.35. The Morgan fingerprint density at radius 2 is 1.73 bits per heavy atom. The first kappa shape index (κ1) is 14.7. The SMILES string of the molecule is CC(C)C[B]C(=O)C(N(C)C)C(C)(C)C. The Hall–Kier alpha value is -0.305. The highest BCUT2D eigenvalue weighted by atomic mass is 16.1. The molecule has 0 bridgehead atoms. The maximum atomic E-state index is 12.0. The number of hydrogen-bond acceptors (Lipinski definition) is 2. The molecule has 0 aliphatic rings. The first-order chi connectivity index (χ1) is 6.66. The molecule has 0 saturated heterocycles. The summed E-state index contributed by atoms with van der Waals surface area (Å²) in [6.45, 7) is 10.6. The van der Waals surface area contributed by atoms with Gasteiger partial charge in [0.15, 0.2) is 0 Å². The summed E-state index contributed by atoms with van der Waals surface area (Å²) in [5.41, 5.74) is 0.245. The van der Waals surface area contributed by atoms with E-state index in [1.54, 1.807) is 0 Å². The number of carbonyl (C=O) groups excluding carboxylic acids is 1. The average molecular weight is 210 g/mol. The van der Waals surface area contributed by atoms with Gasteiger partial charge in [-0.3, -0.25) is 0 Å². The molecule has 0 heterocycles. The Morgan fingerprint density at radius 3 is 2.00 bits per heavy atom. The van der Waals surface area contributed by atoms with Crippen LogP contribution in [0.15, 0.2) is 0 Å². The van der Waals surface area contributed by atoms with E-state index in [4.69, 9.17) is 0 Å². The number of rotatable bonds is 5. The summed E-state index contributed by atoms with van der Waals surface area (Å²) in [6.07, 6.45) is 0.874. The summed E-state index contributed by atoms with van der Waals surface area (Å²) >= 11 is 0. The van der Waals surface area contributed by atoms with Gasteiger partial charge in [-0.05, 0) is 19.5 Å². The highest BCUT2D eigenvalue weighted by Gasteiger charge is 2.32.